The summed E-state index contributed by atoms with van der Waals surface area (Å²) in [6, 6.07) is 0. The van der Waals surface area contributed by atoms with E-state index in [1.54, 1.807) is 0 Å². The third-order valence-corrected chi connectivity index (χ3v) is 28.8. The van der Waals surface area contributed by atoms with Gasteiger partial charge in [0.05, 0.1) is 47.9 Å². The van der Waals surface area contributed by atoms with Gasteiger partial charge in [-0.1, -0.05) is 207 Å². The lowest BCUT2D eigenvalue weighted by Gasteiger charge is -2.60. The first-order chi connectivity index (χ1) is 37.2. The van der Waals surface area contributed by atoms with Gasteiger partial charge in [-0.2, -0.15) is 0 Å². The standard InChI is InChI=1S/C75H140O5P2/c1-47(2)35-48-36-49(67(3,4)5)40-55(37-48)77-81(78-56-41-50(68(6,7)8)38-51(42-56)69(9,10)11)62-33-29-31-58-65(62)76-66-59(75(58,27)28)32-30-34-63(66)82(79-57-43-52(70(12,13)14)39-53(44-57)71(15,16)17)80-61-46-54(72(18,19)20)45-60(73(21,22)23)64(61)74(24,25)26/h47-66H,29-46H2,1-28H3. The Kier molecular flexibility index (Phi) is 22.0. The van der Waals surface area contributed by atoms with E-state index in [1.807, 2.05) is 0 Å². The molecule has 1 aliphatic heterocycles. The fourth-order valence-corrected chi connectivity index (χ4v) is 23.2. The van der Waals surface area contributed by atoms with Crippen molar-refractivity contribution in [3.63, 3.8) is 0 Å². The number of hydrogen-bond acceptors (Lipinski definition) is 5. The molecule has 0 aromatic heterocycles. The number of hydrogen-bond donors (Lipinski definition) is 0. The summed E-state index contributed by atoms with van der Waals surface area (Å²) in [4.78, 5) is 0. The summed E-state index contributed by atoms with van der Waals surface area (Å²) in [7, 11) is -2.59. The molecule has 0 spiro atoms. The minimum absolute atomic E-state index is 0.0856. The van der Waals surface area contributed by atoms with Crippen LogP contribution in [0.4, 0.5) is 0 Å². The SMILES string of the molecule is CC(C)CC1CC(OP(OC2CC(C(C)(C)C)CC(C(C)(C)C)C2)C2CCCC3C2OC2C(P(OC4CC(C(C)(C)C)CC(C(C)(C)C)C4)OC4CC(C(C)(C)C)CC(C(C)(C)C)C4C(C)(C)C)CCCC2C3(C)C)CC(C(C)(C)C)C1. The first-order valence-corrected chi connectivity index (χ1v) is 37.6. The maximum absolute atomic E-state index is 8.38. The predicted octanol–water partition coefficient (Wildman–Crippen LogP) is 23.6. The molecule has 6 saturated carbocycles. The Bertz CT molecular complexity index is 1960. The minimum Gasteiger partial charge on any atom is -0.373 e. The summed E-state index contributed by atoms with van der Waals surface area (Å²) in [6.07, 6.45) is 22.5. The van der Waals surface area contributed by atoms with E-state index in [0.717, 1.165) is 51.4 Å². The largest absolute Gasteiger partial charge is 0.373 e. The fourth-order valence-electron chi connectivity index (χ4n) is 18.8. The number of ether oxygens (including phenoxy) is 1. The van der Waals surface area contributed by atoms with Gasteiger partial charge in [0.15, 0.2) is 16.8 Å². The van der Waals surface area contributed by atoms with Crippen LogP contribution in [0.15, 0.2) is 0 Å². The zero-order valence-corrected chi connectivity index (χ0v) is 61.5. The van der Waals surface area contributed by atoms with Crippen LogP contribution in [0, 0.1) is 120 Å². The average Bonchev–Trinajstić information content (AvgIpc) is 2.70. The highest BCUT2D eigenvalue weighted by molar-refractivity contribution is 7.48. The van der Waals surface area contributed by atoms with Crippen molar-refractivity contribution in [2.75, 3.05) is 0 Å². The molecular weight excluding hydrogens is 1040 g/mol. The van der Waals surface area contributed by atoms with Gasteiger partial charge in [0.2, 0.25) is 0 Å². The Balaban J connectivity index is 1.33. The highest BCUT2D eigenvalue weighted by atomic mass is 31.2. The zero-order valence-electron chi connectivity index (χ0n) is 59.7. The van der Waals surface area contributed by atoms with Crippen LogP contribution >= 0.6 is 16.8 Å². The maximum Gasteiger partial charge on any atom is 0.177 e. The fraction of sp³-hybridized carbons (Fsp3) is 1.00. The summed E-state index contributed by atoms with van der Waals surface area (Å²) in [6.45, 7) is 70.5. The molecule has 0 bridgehead atoms. The van der Waals surface area contributed by atoms with Crippen molar-refractivity contribution in [3.8, 4) is 0 Å². The molecule has 480 valence electrons. The second-order valence-electron chi connectivity index (χ2n) is 39.8. The quantitative estimate of drug-likeness (QED) is 0.182. The lowest BCUT2D eigenvalue weighted by Crippen LogP contribution is -2.61. The van der Waals surface area contributed by atoms with E-state index in [2.05, 4.69) is 194 Å². The Morgan fingerprint density at radius 2 is 0.732 bits per heavy atom. The average molecular weight is 1180 g/mol. The molecule has 19 atom stereocenters. The Morgan fingerprint density at radius 3 is 1.07 bits per heavy atom. The second kappa shape index (κ2) is 25.7. The van der Waals surface area contributed by atoms with E-state index >= 15 is 0 Å². The predicted molar refractivity (Wildman–Crippen MR) is 355 cm³/mol. The van der Waals surface area contributed by atoms with Crippen LogP contribution in [0.3, 0.4) is 0 Å². The van der Waals surface area contributed by atoms with E-state index in [9.17, 15) is 0 Å². The summed E-state index contributed by atoms with van der Waals surface area (Å²) in [5.74, 6) is 6.98. The van der Waals surface area contributed by atoms with Gasteiger partial charge in [-0.05, 0) is 222 Å². The summed E-state index contributed by atoms with van der Waals surface area (Å²) in [5, 5.41) is 0. The van der Waals surface area contributed by atoms with Crippen molar-refractivity contribution < 1.29 is 22.8 Å². The molecule has 0 aromatic rings. The molecule has 0 aromatic carbocycles. The molecule has 0 amide bonds. The molecule has 5 nitrogen and oxygen atoms in total. The van der Waals surface area contributed by atoms with Gasteiger partial charge in [-0.3, -0.25) is 0 Å². The van der Waals surface area contributed by atoms with Gasteiger partial charge in [0.1, 0.15) is 0 Å². The van der Waals surface area contributed by atoms with Gasteiger partial charge in [0, 0.05) is 0 Å². The van der Waals surface area contributed by atoms with Crippen molar-refractivity contribution >= 4 is 16.8 Å². The lowest BCUT2D eigenvalue weighted by atomic mass is 9.53. The molecule has 7 aliphatic rings. The molecule has 7 fully saturated rings. The third kappa shape index (κ3) is 17.2. The van der Waals surface area contributed by atoms with Crippen molar-refractivity contribution in [2.45, 2.75) is 357 Å². The van der Waals surface area contributed by atoms with Crippen LogP contribution in [-0.4, -0.2) is 47.9 Å². The van der Waals surface area contributed by atoms with Crippen LogP contribution in [0.25, 0.3) is 0 Å². The Labute approximate surface area is 514 Å². The first-order valence-electron chi connectivity index (χ1n) is 35.1. The molecule has 1 saturated heterocycles. The molecule has 7 rings (SSSR count). The maximum atomic E-state index is 8.38. The normalized spacial score (nSPS) is 39.5. The molecular formula is C75H140O5P2. The highest BCUT2D eigenvalue weighted by Crippen LogP contribution is 2.68. The molecule has 0 radical (unpaired) electrons. The molecule has 7 heteroatoms. The highest BCUT2D eigenvalue weighted by Gasteiger charge is 2.61. The topological polar surface area (TPSA) is 46.2 Å². The third-order valence-electron chi connectivity index (χ3n) is 24.6. The summed E-state index contributed by atoms with van der Waals surface area (Å²) < 4.78 is 41.0. The van der Waals surface area contributed by atoms with Crippen LogP contribution in [-0.2, 0) is 22.8 Å². The Hall–Kier alpha value is 0.660. The van der Waals surface area contributed by atoms with Gasteiger partial charge in [-0.15, -0.1) is 0 Å². The van der Waals surface area contributed by atoms with Crippen molar-refractivity contribution in [1.82, 2.24) is 0 Å². The number of fused-ring (bicyclic) bond motifs is 2. The van der Waals surface area contributed by atoms with E-state index in [4.69, 9.17) is 22.8 Å². The van der Waals surface area contributed by atoms with Gasteiger partial charge in [-0.25, -0.2) is 0 Å². The van der Waals surface area contributed by atoms with Crippen molar-refractivity contribution in [1.29, 1.82) is 0 Å². The van der Waals surface area contributed by atoms with E-state index in [1.165, 1.54) is 64.2 Å². The summed E-state index contributed by atoms with van der Waals surface area (Å²) in [5.41, 5.74) is 2.15. The first kappa shape index (κ1) is 70.1. The minimum atomic E-state index is -1.33. The molecule has 19 unspecified atom stereocenters. The second-order valence-corrected chi connectivity index (χ2v) is 43.1. The van der Waals surface area contributed by atoms with Crippen LogP contribution in [0.2, 0.25) is 0 Å². The number of rotatable bonds is 12. The van der Waals surface area contributed by atoms with Crippen molar-refractivity contribution in [2.24, 2.45) is 120 Å². The molecule has 0 N–H and O–H groups in total. The van der Waals surface area contributed by atoms with Crippen LogP contribution < -0.4 is 0 Å². The molecule has 82 heavy (non-hydrogen) atoms. The van der Waals surface area contributed by atoms with E-state index in [0.29, 0.717) is 71.0 Å². The smallest absolute Gasteiger partial charge is 0.177 e. The molecule has 1 heterocycles. The lowest BCUT2D eigenvalue weighted by molar-refractivity contribution is -0.199. The van der Waals surface area contributed by atoms with E-state index < -0.39 is 16.8 Å². The van der Waals surface area contributed by atoms with E-state index in [-0.39, 0.29) is 96.7 Å². The van der Waals surface area contributed by atoms with Crippen molar-refractivity contribution in [3.05, 3.63) is 0 Å². The monoisotopic (exact) mass is 1180 g/mol. The zero-order chi connectivity index (χ0) is 61.5. The van der Waals surface area contributed by atoms with Crippen LogP contribution in [0.1, 0.15) is 309 Å². The summed E-state index contributed by atoms with van der Waals surface area (Å²) >= 11 is 0. The van der Waals surface area contributed by atoms with Crippen LogP contribution in [0.5, 0.6) is 0 Å². The molecule has 6 aliphatic carbocycles. The van der Waals surface area contributed by atoms with Gasteiger partial charge < -0.3 is 22.8 Å². The van der Waals surface area contributed by atoms with Gasteiger partial charge >= 0.3 is 0 Å². The van der Waals surface area contributed by atoms with Gasteiger partial charge in [0.25, 0.3) is 0 Å². The Morgan fingerprint density at radius 1 is 0.390 bits per heavy atom.